The van der Waals surface area contributed by atoms with Crippen LogP contribution < -0.4 is 4.74 Å². The van der Waals surface area contributed by atoms with E-state index in [0.29, 0.717) is 0 Å². The average molecular weight is 194 g/mol. The Bertz CT molecular complexity index is 253. The number of fused-ring (bicyclic) bond motifs is 1. The van der Waals surface area contributed by atoms with Gasteiger partial charge in [-0.15, -0.1) is 0 Å². The third-order valence-electron chi connectivity index (χ3n) is 1.85. The smallest absolute Gasteiger partial charge is 0.122 e. The molecule has 0 spiro atoms. The van der Waals surface area contributed by atoms with E-state index in [1.54, 1.807) is 0 Å². The third-order valence-corrected chi connectivity index (χ3v) is 1.85. The van der Waals surface area contributed by atoms with Gasteiger partial charge < -0.3 is 4.74 Å². The lowest BCUT2D eigenvalue weighted by Crippen LogP contribution is -1.86. The minimum absolute atomic E-state index is 0.860. The summed E-state index contributed by atoms with van der Waals surface area (Å²) in [5, 5.41) is 0. The minimum atomic E-state index is 0.860. The molecule has 0 amide bonds. The van der Waals surface area contributed by atoms with E-state index in [2.05, 4.69) is 25.1 Å². The summed E-state index contributed by atoms with van der Waals surface area (Å²) in [5.74, 6) is 1.08. The van der Waals surface area contributed by atoms with Crippen LogP contribution in [0, 0.1) is 6.92 Å². The van der Waals surface area contributed by atoms with E-state index in [1.807, 2.05) is 27.7 Å². The lowest BCUT2D eigenvalue weighted by Gasteiger charge is -1.97. The second-order valence-corrected chi connectivity index (χ2v) is 2.71. The van der Waals surface area contributed by atoms with E-state index >= 15 is 0 Å². The van der Waals surface area contributed by atoms with E-state index in [1.165, 1.54) is 11.1 Å². The highest BCUT2D eigenvalue weighted by molar-refractivity contribution is 5.39. The molecular weight excluding hydrogens is 172 g/mol. The molecule has 0 aliphatic carbocycles. The predicted octanol–water partition coefficient (Wildman–Crippen LogP) is 3.98. The van der Waals surface area contributed by atoms with Gasteiger partial charge in [0.25, 0.3) is 0 Å². The molecule has 0 atom stereocenters. The van der Waals surface area contributed by atoms with Gasteiger partial charge in [0.05, 0.1) is 6.61 Å². The van der Waals surface area contributed by atoms with Crippen molar-refractivity contribution in [2.24, 2.45) is 0 Å². The van der Waals surface area contributed by atoms with Crippen molar-refractivity contribution in [1.29, 1.82) is 0 Å². The minimum Gasteiger partial charge on any atom is -0.493 e. The Labute approximate surface area is 88.1 Å². The molecule has 1 nitrogen and oxygen atoms in total. The molecule has 2 rings (SSSR count). The van der Waals surface area contributed by atoms with Crippen molar-refractivity contribution >= 4 is 0 Å². The molecule has 0 unspecified atom stereocenters. The number of hydrogen-bond donors (Lipinski definition) is 0. The average Bonchev–Trinajstić information content (AvgIpc) is 2.71. The van der Waals surface area contributed by atoms with Gasteiger partial charge in [0.15, 0.2) is 0 Å². The summed E-state index contributed by atoms with van der Waals surface area (Å²) in [6, 6.07) is 6.38. The van der Waals surface area contributed by atoms with Crippen LogP contribution in [0.4, 0.5) is 0 Å². The van der Waals surface area contributed by atoms with Crippen LogP contribution in [0.1, 0.15) is 38.8 Å². The van der Waals surface area contributed by atoms with Crippen molar-refractivity contribution in [3.63, 3.8) is 0 Å². The maximum absolute atomic E-state index is 5.38. The molecule has 0 radical (unpaired) electrons. The fourth-order valence-electron chi connectivity index (χ4n) is 1.27. The Morgan fingerprint density at radius 3 is 2.36 bits per heavy atom. The zero-order chi connectivity index (χ0) is 11.0. The first kappa shape index (κ1) is 13.0. The van der Waals surface area contributed by atoms with E-state index in [4.69, 9.17) is 4.74 Å². The molecule has 1 heterocycles. The first-order chi connectivity index (χ1) is 6.86. The van der Waals surface area contributed by atoms with Gasteiger partial charge in [-0.05, 0) is 24.1 Å². The number of benzene rings is 1. The fraction of sp³-hybridized carbons (Fsp3) is 0.538. The highest BCUT2D eigenvalue weighted by atomic mass is 16.5. The molecule has 1 aliphatic heterocycles. The molecule has 14 heavy (non-hydrogen) atoms. The Balaban J connectivity index is 0.000000379. The molecule has 1 aliphatic rings. The van der Waals surface area contributed by atoms with Crippen LogP contribution in [0.3, 0.4) is 0 Å². The van der Waals surface area contributed by atoms with Crippen LogP contribution in [0.5, 0.6) is 5.75 Å². The van der Waals surface area contributed by atoms with Gasteiger partial charge in [-0.25, -0.2) is 0 Å². The van der Waals surface area contributed by atoms with Crippen molar-refractivity contribution in [1.82, 2.24) is 0 Å². The molecular formula is C13H22O. The molecule has 80 valence electrons. The summed E-state index contributed by atoms with van der Waals surface area (Å²) in [5.41, 5.74) is 2.63. The largest absolute Gasteiger partial charge is 0.493 e. The lowest BCUT2D eigenvalue weighted by atomic mass is 10.1. The Morgan fingerprint density at radius 1 is 1.07 bits per heavy atom. The highest BCUT2D eigenvalue weighted by Gasteiger charge is 2.09. The molecule has 0 N–H and O–H groups in total. The normalized spacial score (nSPS) is 11.2. The zero-order valence-electron chi connectivity index (χ0n) is 10.1. The SMILES string of the molecule is CC.CC.Cc1ccc2c(c1)OCC2. The summed E-state index contributed by atoms with van der Waals surface area (Å²) in [7, 11) is 0. The lowest BCUT2D eigenvalue weighted by molar-refractivity contribution is 0.356. The molecule has 0 aromatic heterocycles. The van der Waals surface area contributed by atoms with Gasteiger partial charge in [-0.3, -0.25) is 0 Å². The second-order valence-electron chi connectivity index (χ2n) is 2.71. The van der Waals surface area contributed by atoms with Crippen molar-refractivity contribution in [2.45, 2.75) is 41.0 Å². The number of hydrogen-bond acceptors (Lipinski definition) is 1. The van der Waals surface area contributed by atoms with Gasteiger partial charge >= 0.3 is 0 Å². The first-order valence-electron chi connectivity index (χ1n) is 5.58. The van der Waals surface area contributed by atoms with E-state index in [0.717, 1.165) is 18.8 Å². The predicted molar refractivity (Wildman–Crippen MR) is 63.1 cm³/mol. The number of rotatable bonds is 0. The summed E-state index contributed by atoms with van der Waals surface area (Å²) in [6.45, 7) is 10.9. The first-order valence-corrected chi connectivity index (χ1v) is 5.58. The van der Waals surface area contributed by atoms with Crippen molar-refractivity contribution in [3.05, 3.63) is 29.3 Å². The standard InChI is InChI=1S/C9H10O.2C2H6/c1-7-2-3-8-4-5-10-9(8)6-7;2*1-2/h2-3,6H,4-5H2,1H3;2*1-2H3. The van der Waals surface area contributed by atoms with Crippen LogP contribution >= 0.6 is 0 Å². The van der Waals surface area contributed by atoms with Crippen molar-refractivity contribution in [2.75, 3.05) is 6.61 Å². The van der Waals surface area contributed by atoms with Gasteiger partial charge in [-0.1, -0.05) is 39.8 Å². The Morgan fingerprint density at radius 2 is 1.71 bits per heavy atom. The van der Waals surface area contributed by atoms with Gasteiger partial charge in [0.1, 0.15) is 5.75 Å². The van der Waals surface area contributed by atoms with E-state index in [-0.39, 0.29) is 0 Å². The molecule has 0 saturated carbocycles. The van der Waals surface area contributed by atoms with E-state index in [9.17, 15) is 0 Å². The van der Waals surface area contributed by atoms with Crippen LogP contribution in [-0.4, -0.2) is 6.61 Å². The Hall–Kier alpha value is -0.980. The molecule has 0 saturated heterocycles. The van der Waals surface area contributed by atoms with Gasteiger partial charge in [0, 0.05) is 6.42 Å². The Kier molecular flexibility index (Phi) is 6.91. The zero-order valence-corrected chi connectivity index (χ0v) is 10.1. The second kappa shape index (κ2) is 7.43. The summed E-state index contributed by atoms with van der Waals surface area (Å²) in [4.78, 5) is 0. The van der Waals surface area contributed by atoms with Crippen molar-refractivity contribution < 1.29 is 4.74 Å². The van der Waals surface area contributed by atoms with Crippen LogP contribution in [0.15, 0.2) is 18.2 Å². The van der Waals surface area contributed by atoms with Crippen molar-refractivity contribution in [3.8, 4) is 5.75 Å². The highest BCUT2D eigenvalue weighted by Crippen LogP contribution is 2.25. The van der Waals surface area contributed by atoms with Crippen LogP contribution in [0.25, 0.3) is 0 Å². The molecule has 1 aromatic carbocycles. The third kappa shape index (κ3) is 3.41. The summed E-state index contributed by atoms with van der Waals surface area (Å²) >= 11 is 0. The van der Waals surface area contributed by atoms with Gasteiger partial charge in [0.2, 0.25) is 0 Å². The summed E-state index contributed by atoms with van der Waals surface area (Å²) in [6.07, 6.45) is 1.08. The molecule has 1 heteroatoms. The van der Waals surface area contributed by atoms with Crippen LogP contribution in [-0.2, 0) is 6.42 Å². The monoisotopic (exact) mass is 194 g/mol. The quantitative estimate of drug-likeness (QED) is 0.607. The van der Waals surface area contributed by atoms with Crippen LogP contribution in [0.2, 0.25) is 0 Å². The maximum Gasteiger partial charge on any atom is 0.122 e. The summed E-state index contributed by atoms with van der Waals surface area (Å²) < 4.78 is 5.38. The molecule has 1 aromatic rings. The topological polar surface area (TPSA) is 9.23 Å². The van der Waals surface area contributed by atoms with E-state index < -0.39 is 0 Å². The number of ether oxygens (including phenoxy) is 1. The molecule has 0 bridgehead atoms. The molecule has 0 fully saturated rings. The number of aryl methyl sites for hydroxylation is 1. The maximum atomic E-state index is 5.38. The fourth-order valence-corrected chi connectivity index (χ4v) is 1.27. The van der Waals surface area contributed by atoms with Gasteiger partial charge in [-0.2, -0.15) is 0 Å².